The van der Waals surface area contributed by atoms with Crippen LogP contribution in [0.15, 0.2) is 30.3 Å². The number of ether oxygens (including phenoxy) is 2. The van der Waals surface area contributed by atoms with Crippen LogP contribution in [0.4, 0.5) is 0 Å². The Balaban J connectivity index is 1.66. The molecule has 0 N–H and O–H groups in total. The molecule has 1 atom stereocenters. The van der Waals surface area contributed by atoms with Gasteiger partial charge in [0.2, 0.25) is 0 Å². The van der Waals surface area contributed by atoms with Crippen LogP contribution in [-0.2, 0) is 14.3 Å². The fraction of sp³-hybridized carbons (Fsp3) is 0.696. The van der Waals surface area contributed by atoms with E-state index in [0.717, 1.165) is 50.7 Å². The van der Waals surface area contributed by atoms with Crippen molar-refractivity contribution in [3.05, 3.63) is 35.9 Å². The Labute approximate surface area is 159 Å². The molecule has 1 fully saturated rings. The van der Waals surface area contributed by atoms with E-state index in [9.17, 15) is 4.79 Å². The van der Waals surface area contributed by atoms with Crippen molar-refractivity contribution >= 4 is 5.97 Å². The van der Waals surface area contributed by atoms with Crippen LogP contribution < -0.4 is 0 Å². The molecule has 1 saturated carbocycles. The van der Waals surface area contributed by atoms with Gasteiger partial charge in [-0.05, 0) is 44.1 Å². The number of rotatable bonds is 11. The average molecular weight is 361 g/mol. The Morgan fingerprint density at radius 1 is 1.00 bits per heavy atom. The van der Waals surface area contributed by atoms with Crippen molar-refractivity contribution in [3.8, 4) is 0 Å². The van der Waals surface area contributed by atoms with Gasteiger partial charge in [0.25, 0.3) is 0 Å². The van der Waals surface area contributed by atoms with Gasteiger partial charge in [0, 0.05) is 6.61 Å². The zero-order valence-electron chi connectivity index (χ0n) is 16.6. The van der Waals surface area contributed by atoms with Gasteiger partial charge in [0.1, 0.15) is 6.10 Å². The number of benzene rings is 1. The first-order chi connectivity index (χ1) is 12.7. The second-order valence-electron chi connectivity index (χ2n) is 7.50. The number of hydrogen-bond donors (Lipinski definition) is 0. The average Bonchev–Trinajstić information content (AvgIpc) is 2.69. The van der Waals surface area contributed by atoms with Crippen molar-refractivity contribution in [1.29, 1.82) is 0 Å². The van der Waals surface area contributed by atoms with Crippen molar-refractivity contribution in [2.24, 2.45) is 5.92 Å². The molecule has 1 aliphatic rings. The molecule has 1 aliphatic carbocycles. The first-order valence-corrected chi connectivity index (χ1v) is 10.6. The van der Waals surface area contributed by atoms with Gasteiger partial charge in [-0.15, -0.1) is 0 Å². The molecule has 1 aromatic carbocycles. The molecule has 3 heteroatoms. The summed E-state index contributed by atoms with van der Waals surface area (Å²) < 4.78 is 11.8. The molecule has 0 aromatic heterocycles. The number of hydrogen-bond acceptors (Lipinski definition) is 3. The summed E-state index contributed by atoms with van der Waals surface area (Å²) in [6, 6.07) is 10.1. The quantitative estimate of drug-likeness (QED) is 0.347. The van der Waals surface area contributed by atoms with Crippen molar-refractivity contribution < 1.29 is 14.3 Å². The monoisotopic (exact) mass is 360 g/mol. The van der Waals surface area contributed by atoms with Crippen LogP contribution in [0.25, 0.3) is 0 Å². The minimum absolute atomic E-state index is 0.0290. The van der Waals surface area contributed by atoms with E-state index in [-0.39, 0.29) is 18.0 Å². The van der Waals surface area contributed by atoms with Gasteiger partial charge in [-0.2, -0.15) is 0 Å². The van der Waals surface area contributed by atoms with Crippen molar-refractivity contribution in [3.63, 3.8) is 0 Å². The van der Waals surface area contributed by atoms with Gasteiger partial charge < -0.3 is 9.47 Å². The SMILES string of the molecule is CCCCCCCOC1CCC(C(=O)OC(CC)c2ccccc2)CC1. The van der Waals surface area contributed by atoms with Gasteiger partial charge in [-0.1, -0.05) is 69.9 Å². The van der Waals surface area contributed by atoms with Crippen LogP contribution in [0.2, 0.25) is 0 Å². The van der Waals surface area contributed by atoms with E-state index in [1.165, 1.54) is 25.7 Å². The van der Waals surface area contributed by atoms with E-state index in [1.54, 1.807) is 0 Å². The van der Waals surface area contributed by atoms with Crippen LogP contribution in [-0.4, -0.2) is 18.7 Å². The molecule has 146 valence electrons. The van der Waals surface area contributed by atoms with E-state index < -0.39 is 0 Å². The van der Waals surface area contributed by atoms with Gasteiger partial charge in [0.15, 0.2) is 0 Å². The molecule has 0 bridgehead atoms. The van der Waals surface area contributed by atoms with Crippen molar-refractivity contribution in [2.45, 2.75) is 90.3 Å². The second-order valence-corrected chi connectivity index (χ2v) is 7.50. The zero-order valence-corrected chi connectivity index (χ0v) is 16.6. The third-order valence-electron chi connectivity index (χ3n) is 5.41. The van der Waals surface area contributed by atoms with Crippen molar-refractivity contribution in [2.75, 3.05) is 6.61 Å². The summed E-state index contributed by atoms with van der Waals surface area (Å²) in [4.78, 5) is 12.5. The molecule has 0 amide bonds. The lowest BCUT2D eigenvalue weighted by molar-refractivity contribution is -0.156. The van der Waals surface area contributed by atoms with E-state index >= 15 is 0 Å². The molecule has 0 heterocycles. The predicted molar refractivity (Wildman–Crippen MR) is 106 cm³/mol. The lowest BCUT2D eigenvalue weighted by Gasteiger charge is -2.28. The molecular formula is C23H36O3. The predicted octanol–water partition coefficient (Wildman–Crippen LogP) is 6.23. The molecule has 1 aromatic rings. The fourth-order valence-electron chi connectivity index (χ4n) is 3.71. The summed E-state index contributed by atoms with van der Waals surface area (Å²) in [6.45, 7) is 5.17. The molecule has 26 heavy (non-hydrogen) atoms. The molecule has 0 spiro atoms. The number of carbonyl (C=O) groups excluding carboxylic acids is 1. The van der Waals surface area contributed by atoms with E-state index in [1.807, 2.05) is 30.3 Å². The van der Waals surface area contributed by atoms with Gasteiger partial charge in [0.05, 0.1) is 12.0 Å². The van der Waals surface area contributed by atoms with Gasteiger partial charge >= 0.3 is 5.97 Å². The Bertz CT molecular complexity index is 491. The minimum Gasteiger partial charge on any atom is -0.457 e. The number of carbonyl (C=O) groups is 1. The molecular weight excluding hydrogens is 324 g/mol. The molecule has 0 saturated heterocycles. The van der Waals surface area contributed by atoms with Crippen molar-refractivity contribution in [1.82, 2.24) is 0 Å². The van der Waals surface area contributed by atoms with E-state index in [0.29, 0.717) is 6.10 Å². The molecule has 1 unspecified atom stereocenters. The smallest absolute Gasteiger partial charge is 0.309 e. The summed E-state index contributed by atoms with van der Waals surface area (Å²) in [6.07, 6.45) is 11.1. The first kappa shape index (κ1) is 21.0. The normalized spacial score (nSPS) is 21.3. The lowest BCUT2D eigenvalue weighted by Crippen LogP contribution is -2.28. The highest BCUT2D eigenvalue weighted by Crippen LogP contribution is 2.30. The number of unbranched alkanes of at least 4 members (excludes halogenated alkanes) is 4. The third kappa shape index (κ3) is 7.11. The highest BCUT2D eigenvalue weighted by atomic mass is 16.5. The maximum atomic E-state index is 12.5. The summed E-state index contributed by atoms with van der Waals surface area (Å²) >= 11 is 0. The fourth-order valence-corrected chi connectivity index (χ4v) is 3.71. The summed E-state index contributed by atoms with van der Waals surface area (Å²) in [7, 11) is 0. The number of esters is 1. The van der Waals surface area contributed by atoms with Crippen LogP contribution in [0.5, 0.6) is 0 Å². The van der Waals surface area contributed by atoms with Gasteiger partial charge in [-0.3, -0.25) is 4.79 Å². The third-order valence-corrected chi connectivity index (χ3v) is 5.41. The maximum absolute atomic E-state index is 12.5. The topological polar surface area (TPSA) is 35.5 Å². The van der Waals surface area contributed by atoms with Crippen LogP contribution in [0, 0.1) is 5.92 Å². The zero-order chi connectivity index (χ0) is 18.6. The summed E-state index contributed by atoms with van der Waals surface area (Å²) in [5.74, 6) is 0.0101. The summed E-state index contributed by atoms with van der Waals surface area (Å²) in [5.41, 5.74) is 1.09. The molecule has 2 rings (SSSR count). The second kappa shape index (κ2) is 12.1. The van der Waals surface area contributed by atoms with E-state index in [4.69, 9.17) is 9.47 Å². The summed E-state index contributed by atoms with van der Waals surface area (Å²) in [5, 5.41) is 0. The highest BCUT2D eigenvalue weighted by Gasteiger charge is 2.29. The largest absolute Gasteiger partial charge is 0.457 e. The van der Waals surface area contributed by atoms with E-state index in [2.05, 4.69) is 13.8 Å². The Kier molecular flexibility index (Phi) is 9.76. The Hall–Kier alpha value is -1.35. The molecule has 3 nitrogen and oxygen atoms in total. The molecule has 0 aliphatic heterocycles. The maximum Gasteiger partial charge on any atom is 0.309 e. The standard InChI is InChI=1S/C23H36O3/c1-3-5-6-7-11-18-25-21-16-14-20(15-17-21)23(24)26-22(4-2)19-12-9-8-10-13-19/h8-10,12-13,20-22H,3-7,11,14-18H2,1-2H3. The Morgan fingerprint density at radius 3 is 2.35 bits per heavy atom. The molecule has 0 radical (unpaired) electrons. The Morgan fingerprint density at radius 2 is 1.69 bits per heavy atom. The van der Waals surface area contributed by atoms with Crippen LogP contribution in [0.1, 0.15) is 89.7 Å². The van der Waals surface area contributed by atoms with Gasteiger partial charge in [-0.25, -0.2) is 0 Å². The highest BCUT2D eigenvalue weighted by molar-refractivity contribution is 5.72. The first-order valence-electron chi connectivity index (χ1n) is 10.6. The van der Waals surface area contributed by atoms with Crippen LogP contribution in [0.3, 0.4) is 0 Å². The lowest BCUT2D eigenvalue weighted by atomic mass is 9.87. The minimum atomic E-state index is -0.124. The van der Waals surface area contributed by atoms with Crippen LogP contribution >= 0.6 is 0 Å².